The summed E-state index contributed by atoms with van der Waals surface area (Å²) in [6.45, 7) is 3.34. The van der Waals surface area contributed by atoms with E-state index in [4.69, 9.17) is 5.11 Å². The molecule has 0 aliphatic heterocycles. The highest BCUT2D eigenvalue weighted by atomic mass is 32.2. The van der Waals surface area contributed by atoms with Crippen LogP contribution in [0.1, 0.15) is 32.7 Å². The third kappa shape index (κ3) is 3.72. The lowest BCUT2D eigenvalue weighted by Gasteiger charge is -2.24. The number of hydrogen-bond acceptors (Lipinski definition) is 5. The van der Waals surface area contributed by atoms with Crippen LogP contribution in [-0.2, 0) is 9.59 Å². The van der Waals surface area contributed by atoms with Gasteiger partial charge in [-0.1, -0.05) is 11.8 Å². The maximum atomic E-state index is 12.1. The van der Waals surface area contributed by atoms with Gasteiger partial charge in [0.15, 0.2) is 5.16 Å². The molecule has 8 heteroatoms. The maximum Gasteiger partial charge on any atom is 0.323 e. The Morgan fingerprint density at radius 1 is 1.55 bits per heavy atom. The summed E-state index contributed by atoms with van der Waals surface area (Å²) in [4.78, 5) is 24.2. The van der Waals surface area contributed by atoms with Gasteiger partial charge in [0.25, 0.3) is 0 Å². The number of aromatic nitrogens is 3. The molecule has 1 amide bonds. The second-order valence-electron chi connectivity index (χ2n) is 5.05. The van der Waals surface area contributed by atoms with E-state index in [0.29, 0.717) is 6.04 Å². The van der Waals surface area contributed by atoms with Gasteiger partial charge in [-0.05, 0) is 26.7 Å². The van der Waals surface area contributed by atoms with Gasteiger partial charge in [0, 0.05) is 12.1 Å². The first-order chi connectivity index (χ1) is 9.49. The van der Waals surface area contributed by atoms with Gasteiger partial charge in [0.1, 0.15) is 12.9 Å². The Labute approximate surface area is 121 Å². The van der Waals surface area contributed by atoms with E-state index in [0.717, 1.165) is 18.0 Å². The highest BCUT2D eigenvalue weighted by Crippen LogP contribution is 2.37. The van der Waals surface area contributed by atoms with Crippen LogP contribution in [0.25, 0.3) is 0 Å². The number of carboxylic acid groups (broad SMARTS) is 1. The average Bonchev–Trinajstić information content (AvgIpc) is 3.11. The molecule has 1 saturated carbocycles. The predicted molar refractivity (Wildman–Crippen MR) is 73.5 cm³/mol. The summed E-state index contributed by atoms with van der Waals surface area (Å²) >= 11 is 1.31. The molecule has 1 fully saturated rings. The number of amides is 1. The normalized spacial score (nSPS) is 14.6. The fraction of sp³-hybridized carbons (Fsp3) is 0.667. The number of carbonyl (C=O) groups excluding carboxylic acids is 1. The Bertz CT molecular complexity index is 499. The molecular weight excluding hydrogens is 280 g/mol. The van der Waals surface area contributed by atoms with Crippen molar-refractivity contribution in [1.82, 2.24) is 19.7 Å². The maximum absolute atomic E-state index is 12.1. The van der Waals surface area contributed by atoms with Gasteiger partial charge in [-0.2, -0.15) is 0 Å². The molecule has 1 aromatic rings. The zero-order chi connectivity index (χ0) is 14.7. The van der Waals surface area contributed by atoms with Gasteiger partial charge in [-0.15, -0.1) is 10.2 Å². The number of nitrogens with zero attached hydrogens (tertiary/aromatic N) is 4. The zero-order valence-corrected chi connectivity index (χ0v) is 12.3. The van der Waals surface area contributed by atoms with Crippen molar-refractivity contribution in [1.29, 1.82) is 0 Å². The number of rotatable bonds is 7. The summed E-state index contributed by atoms with van der Waals surface area (Å²) in [6.07, 6.45) is 3.93. The summed E-state index contributed by atoms with van der Waals surface area (Å²) < 4.78 is 1.98. The number of aliphatic carboxylic acids is 1. The summed E-state index contributed by atoms with van der Waals surface area (Å²) in [5, 5.41) is 17.4. The van der Waals surface area contributed by atoms with Crippen molar-refractivity contribution >= 4 is 23.6 Å². The molecule has 1 aromatic heterocycles. The smallest absolute Gasteiger partial charge is 0.323 e. The van der Waals surface area contributed by atoms with Crippen molar-refractivity contribution in [2.24, 2.45) is 0 Å². The van der Waals surface area contributed by atoms with Crippen molar-refractivity contribution < 1.29 is 14.7 Å². The molecule has 1 aliphatic rings. The zero-order valence-electron chi connectivity index (χ0n) is 11.5. The van der Waals surface area contributed by atoms with Crippen LogP contribution in [-0.4, -0.2) is 55.0 Å². The minimum atomic E-state index is -1.00. The molecule has 0 atom stereocenters. The van der Waals surface area contributed by atoms with Crippen LogP contribution in [0.3, 0.4) is 0 Å². The fourth-order valence-corrected chi connectivity index (χ4v) is 2.72. The molecule has 0 bridgehead atoms. The molecule has 1 heterocycles. The van der Waals surface area contributed by atoms with E-state index in [-0.39, 0.29) is 24.2 Å². The molecular formula is C12H18N4O3S. The molecule has 0 unspecified atom stereocenters. The van der Waals surface area contributed by atoms with Crippen LogP contribution in [0, 0.1) is 0 Å². The highest BCUT2D eigenvalue weighted by Gasteiger charge is 2.27. The monoisotopic (exact) mass is 298 g/mol. The van der Waals surface area contributed by atoms with E-state index in [2.05, 4.69) is 10.2 Å². The highest BCUT2D eigenvalue weighted by molar-refractivity contribution is 7.99. The lowest BCUT2D eigenvalue weighted by atomic mass is 10.3. The quantitative estimate of drug-likeness (QED) is 0.756. The van der Waals surface area contributed by atoms with Gasteiger partial charge < -0.3 is 14.6 Å². The predicted octanol–water partition coefficient (Wildman–Crippen LogP) is 1.03. The second-order valence-corrected chi connectivity index (χ2v) is 5.99. The van der Waals surface area contributed by atoms with E-state index >= 15 is 0 Å². The summed E-state index contributed by atoms with van der Waals surface area (Å²) in [7, 11) is 0. The topological polar surface area (TPSA) is 88.3 Å². The Balaban J connectivity index is 1.92. The lowest BCUT2D eigenvalue weighted by molar-refractivity contribution is -0.144. The van der Waals surface area contributed by atoms with Crippen LogP contribution >= 0.6 is 11.8 Å². The number of carboxylic acids is 1. The molecule has 0 radical (unpaired) electrons. The molecule has 0 aromatic carbocycles. The van der Waals surface area contributed by atoms with Crippen molar-refractivity contribution in [2.45, 2.75) is 43.9 Å². The second kappa shape index (κ2) is 6.25. The average molecular weight is 298 g/mol. The van der Waals surface area contributed by atoms with Gasteiger partial charge in [-0.3, -0.25) is 9.59 Å². The van der Waals surface area contributed by atoms with Crippen LogP contribution < -0.4 is 0 Å². The third-order valence-electron chi connectivity index (χ3n) is 3.05. The van der Waals surface area contributed by atoms with Crippen LogP contribution in [0.5, 0.6) is 0 Å². The largest absolute Gasteiger partial charge is 0.480 e. The Kier molecular flexibility index (Phi) is 4.64. The third-order valence-corrected chi connectivity index (χ3v) is 4.00. The lowest BCUT2D eigenvalue weighted by Crippen LogP contribution is -2.41. The van der Waals surface area contributed by atoms with Crippen molar-refractivity contribution in [3.63, 3.8) is 0 Å². The number of hydrogen-bond donors (Lipinski definition) is 1. The molecule has 0 spiro atoms. The molecule has 1 aliphatic carbocycles. The van der Waals surface area contributed by atoms with Crippen LogP contribution in [0.4, 0.5) is 0 Å². The minimum Gasteiger partial charge on any atom is -0.480 e. The van der Waals surface area contributed by atoms with Gasteiger partial charge in [-0.25, -0.2) is 0 Å². The number of thioether (sulfide) groups is 1. The first-order valence-corrected chi connectivity index (χ1v) is 7.51. The van der Waals surface area contributed by atoms with Crippen LogP contribution in [0.15, 0.2) is 11.5 Å². The molecule has 2 rings (SSSR count). The summed E-state index contributed by atoms with van der Waals surface area (Å²) in [5.41, 5.74) is 0. The van der Waals surface area contributed by atoms with E-state index in [1.165, 1.54) is 16.7 Å². The fourth-order valence-electron chi connectivity index (χ4n) is 1.85. The van der Waals surface area contributed by atoms with E-state index < -0.39 is 5.97 Å². The molecule has 1 N–H and O–H groups in total. The van der Waals surface area contributed by atoms with E-state index in [1.54, 1.807) is 20.2 Å². The summed E-state index contributed by atoms with van der Waals surface area (Å²) in [6, 6.07) is 0.323. The van der Waals surface area contributed by atoms with E-state index in [9.17, 15) is 9.59 Å². The van der Waals surface area contributed by atoms with Crippen molar-refractivity contribution in [3.05, 3.63) is 6.33 Å². The number of carbonyl (C=O) groups is 2. The Morgan fingerprint density at radius 2 is 2.25 bits per heavy atom. The first kappa shape index (κ1) is 14.8. The molecule has 20 heavy (non-hydrogen) atoms. The molecule has 0 saturated heterocycles. The van der Waals surface area contributed by atoms with Gasteiger partial charge >= 0.3 is 5.97 Å². The van der Waals surface area contributed by atoms with Gasteiger partial charge in [0.05, 0.1) is 5.75 Å². The van der Waals surface area contributed by atoms with Crippen LogP contribution in [0.2, 0.25) is 0 Å². The van der Waals surface area contributed by atoms with Gasteiger partial charge in [0.2, 0.25) is 5.91 Å². The minimum absolute atomic E-state index is 0.138. The Morgan fingerprint density at radius 3 is 2.80 bits per heavy atom. The van der Waals surface area contributed by atoms with E-state index in [1.807, 2.05) is 4.57 Å². The molecule has 7 nitrogen and oxygen atoms in total. The summed E-state index contributed by atoms with van der Waals surface area (Å²) in [5.74, 6) is -1.02. The van der Waals surface area contributed by atoms with Crippen molar-refractivity contribution in [2.75, 3.05) is 12.3 Å². The van der Waals surface area contributed by atoms with Crippen molar-refractivity contribution in [3.8, 4) is 0 Å². The standard InChI is InChI=1S/C12H18N4O3S/c1-8(2)15(5-11(18)19)10(17)6-20-12-14-13-7-16(12)9-3-4-9/h7-9H,3-6H2,1-2H3,(H,18,19). The Hall–Kier alpha value is -1.57. The SMILES string of the molecule is CC(C)N(CC(=O)O)C(=O)CSc1nncn1C1CC1. The first-order valence-electron chi connectivity index (χ1n) is 6.52. The molecule has 110 valence electrons.